The Hall–Kier alpha value is -2.12. The van der Waals surface area contributed by atoms with Crippen molar-refractivity contribution in [3.8, 4) is 0 Å². The highest BCUT2D eigenvalue weighted by atomic mass is 32.2. The number of hydrogen-bond acceptors (Lipinski definition) is 7. The van der Waals surface area contributed by atoms with Gasteiger partial charge in [0.05, 0.1) is 0 Å². The Morgan fingerprint density at radius 2 is 2.05 bits per heavy atom. The Morgan fingerprint density at radius 3 is 2.81 bits per heavy atom. The molecule has 2 heterocycles. The van der Waals surface area contributed by atoms with Crippen molar-refractivity contribution in [3.63, 3.8) is 0 Å². The van der Waals surface area contributed by atoms with Crippen LogP contribution in [0.1, 0.15) is 24.6 Å². The molecule has 0 spiro atoms. The van der Waals surface area contributed by atoms with Gasteiger partial charge in [-0.1, -0.05) is 12.1 Å². The Kier molecular flexibility index (Phi) is 3.01. The summed E-state index contributed by atoms with van der Waals surface area (Å²) >= 11 is 1.38. The minimum absolute atomic E-state index is 0.460. The van der Waals surface area contributed by atoms with Crippen LogP contribution in [0.15, 0.2) is 45.0 Å². The first kappa shape index (κ1) is 12.6. The molecular weight excluding hydrogens is 286 g/mol. The topological polar surface area (TPSA) is 89.9 Å². The highest BCUT2D eigenvalue weighted by molar-refractivity contribution is 7.99. The predicted octanol–water partition coefficient (Wildman–Crippen LogP) is 2.93. The molecule has 0 amide bonds. The Bertz CT molecular complexity index is 766. The lowest BCUT2D eigenvalue weighted by Gasteiger charge is -2.05. The lowest BCUT2D eigenvalue weighted by atomic mass is 10.3. The molecule has 3 aromatic rings. The highest BCUT2D eigenvalue weighted by Gasteiger charge is 2.27. The molecule has 1 saturated carbocycles. The van der Waals surface area contributed by atoms with Gasteiger partial charge in [0.25, 0.3) is 5.22 Å². The van der Waals surface area contributed by atoms with Gasteiger partial charge in [-0.15, -0.1) is 0 Å². The number of rotatable bonds is 4. The van der Waals surface area contributed by atoms with E-state index in [-0.39, 0.29) is 0 Å². The number of aromatic nitrogens is 3. The first-order chi connectivity index (χ1) is 10.3. The monoisotopic (exact) mass is 299 g/mol. The summed E-state index contributed by atoms with van der Waals surface area (Å²) in [5.74, 6) is 7.39. The van der Waals surface area contributed by atoms with E-state index in [1.54, 1.807) is 6.07 Å². The number of anilines is 1. The number of oxazole rings is 1. The summed E-state index contributed by atoms with van der Waals surface area (Å²) in [4.78, 5) is 13.4. The average molecular weight is 299 g/mol. The molecule has 1 aliphatic rings. The number of nitrogens with one attached hydrogen (secondary N) is 1. The molecule has 0 aliphatic heterocycles. The van der Waals surface area contributed by atoms with Gasteiger partial charge in [0, 0.05) is 12.0 Å². The van der Waals surface area contributed by atoms with E-state index in [0.29, 0.717) is 17.0 Å². The molecular formula is C14H13N5OS. The van der Waals surface area contributed by atoms with Crippen LogP contribution >= 0.6 is 11.8 Å². The van der Waals surface area contributed by atoms with Crippen molar-refractivity contribution in [2.75, 3.05) is 5.43 Å². The lowest BCUT2D eigenvalue weighted by molar-refractivity contribution is 0.489. The smallest absolute Gasteiger partial charge is 0.263 e. The fraction of sp³-hybridized carbons (Fsp3) is 0.214. The SMILES string of the molecule is NNc1cc(Sc2nc3ccccc3o2)nc(C2CC2)n1. The molecule has 4 rings (SSSR count). The Morgan fingerprint density at radius 1 is 1.19 bits per heavy atom. The highest BCUT2D eigenvalue weighted by Crippen LogP contribution is 2.39. The van der Waals surface area contributed by atoms with E-state index in [2.05, 4.69) is 20.4 Å². The van der Waals surface area contributed by atoms with Gasteiger partial charge in [-0.25, -0.2) is 20.8 Å². The third-order valence-electron chi connectivity index (χ3n) is 3.28. The van der Waals surface area contributed by atoms with Gasteiger partial charge in [-0.2, -0.15) is 0 Å². The zero-order chi connectivity index (χ0) is 14.2. The van der Waals surface area contributed by atoms with Crippen LogP contribution in [-0.2, 0) is 0 Å². The average Bonchev–Trinajstić information content (AvgIpc) is 3.27. The van der Waals surface area contributed by atoms with Crippen molar-refractivity contribution in [1.29, 1.82) is 0 Å². The standard InChI is InChI=1S/C14H13N5OS/c15-19-11-7-12(18-13(17-11)8-5-6-8)21-14-16-9-3-1-2-4-10(9)20-14/h1-4,7-8H,5-6,15H2,(H,17,18,19). The lowest BCUT2D eigenvalue weighted by Crippen LogP contribution is -2.10. The zero-order valence-electron chi connectivity index (χ0n) is 11.1. The van der Waals surface area contributed by atoms with E-state index in [1.165, 1.54) is 11.8 Å². The summed E-state index contributed by atoms with van der Waals surface area (Å²) in [6.07, 6.45) is 2.28. The van der Waals surface area contributed by atoms with Gasteiger partial charge in [-0.05, 0) is 36.7 Å². The van der Waals surface area contributed by atoms with E-state index in [1.807, 2.05) is 24.3 Å². The molecule has 21 heavy (non-hydrogen) atoms. The Balaban J connectivity index is 1.67. The third kappa shape index (κ3) is 2.57. The van der Waals surface area contributed by atoms with E-state index >= 15 is 0 Å². The molecule has 1 aromatic carbocycles. The summed E-state index contributed by atoms with van der Waals surface area (Å²) < 4.78 is 5.70. The molecule has 1 fully saturated rings. The molecule has 0 bridgehead atoms. The number of nitrogen functional groups attached to an aromatic ring is 1. The van der Waals surface area contributed by atoms with Crippen LogP contribution in [0.5, 0.6) is 0 Å². The van der Waals surface area contributed by atoms with Gasteiger partial charge in [-0.3, -0.25) is 0 Å². The van der Waals surface area contributed by atoms with Crippen LogP contribution in [0.3, 0.4) is 0 Å². The molecule has 0 unspecified atom stereocenters. The molecule has 3 N–H and O–H groups in total. The second-order valence-electron chi connectivity index (χ2n) is 4.92. The zero-order valence-corrected chi connectivity index (χ0v) is 11.9. The van der Waals surface area contributed by atoms with Gasteiger partial charge in [0.1, 0.15) is 22.2 Å². The largest absolute Gasteiger partial charge is 0.431 e. The van der Waals surface area contributed by atoms with Crippen molar-refractivity contribution in [3.05, 3.63) is 36.2 Å². The van der Waals surface area contributed by atoms with Crippen molar-refractivity contribution in [2.45, 2.75) is 29.0 Å². The summed E-state index contributed by atoms with van der Waals surface area (Å²) in [6, 6.07) is 9.48. The number of benzene rings is 1. The molecule has 1 aliphatic carbocycles. The minimum atomic E-state index is 0.460. The van der Waals surface area contributed by atoms with Crippen LogP contribution in [0, 0.1) is 0 Å². The van der Waals surface area contributed by atoms with Gasteiger partial charge in [0.15, 0.2) is 5.58 Å². The third-order valence-corrected chi connectivity index (χ3v) is 4.04. The minimum Gasteiger partial charge on any atom is -0.431 e. The second kappa shape index (κ2) is 5.01. The van der Waals surface area contributed by atoms with E-state index in [0.717, 1.165) is 34.8 Å². The Labute approximate surface area is 125 Å². The molecule has 2 aromatic heterocycles. The fourth-order valence-corrected chi connectivity index (χ4v) is 2.84. The normalized spacial score (nSPS) is 14.5. The van der Waals surface area contributed by atoms with Crippen LogP contribution in [0.4, 0.5) is 5.82 Å². The maximum atomic E-state index is 5.70. The van der Waals surface area contributed by atoms with Crippen molar-refractivity contribution < 1.29 is 4.42 Å². The van der Waals surface area contributed by atoms with Gasteiger partial charge in [0.2, 0.25) is 0 Å². The number of nitrogens with two attached hydrogens (primary N) is 1. The molecule has 0 radical (unpaired) electrons. The van der Waals surface area contributed by atoms with Gasteiger partial charge >= 0.3 is 0 Å². The van der Waals surface area contributed by atoms with Crippen LogP contribution in [-0.4, -0.2) is 15.0 Å². The van der Waals surface area contributed by atoms with E-state index < -0.39 is 0 Å². The summed E-state index contributed by atoms with van der Waals surface area (Å²) in [6.45, 7) is 0. The summed E-state index contributed by atoms with van der Waals surface area (Å²) in [5.41, 5.74) is 4.20. The maximum Gasteiger partial charge on any atom is 0.263 e. The van der Waals surface area contributed by atoms with E-state index in [9.17, 15) is 0 Å². The van der Waals surface area contributed by atoms with Crippen molar-refractivity contribution in [2.24, 2.45) is 5.84 Å². The van der Waals surface area contributed by atoms with Crippen molar-refractivity contribution in [1.82, 2.24) is 15.0 Å². The first-order valence-electron chi connectivity index (χ1n) is 6.71. The molecule has 7 heteroatoms. The summed E-state index contributed by atoms with van der Waals surface area (Å²) in [7, 11) is 0. The first-order valence-corrected chi connectivity index (χ1v) is 7.52. The van der Waals surface area contributed by atoms with Crippen LogP contribution in [0.2, 0.25) is 0 Å². The molecule has 106 valence electrons. The summed E-state index contributed by atoms with van der Waals surface area (Å²) in [5, 5.41) is 1.35. The number of hydrazine groups is 1. The van der Waals surface area contributed by atoms with Crippen LogP contribution < -0.4 is 11.3 Å². The second-order valence-corrected chi connectivity index (χ2v) is 5.89. The van der Waals surface area contributed by atoms with Gasteiger partial charge < -0.3 is 9.84 Å². The molecule has 6 nitrogen and oxygen atoms in total. The predicted molar refractivity (Wildman–Crippen MR) is 79.9 cm³/mol. The maximum absolute atomic E-state index is 5.70. The van der Waals surface area contributed by atoms with E-state index in [4.69, 9.17) is 10.3 Å². The number of para-hydroxylation sites is 2. The quantitative estimate of drug-likeness (QED) is 0.435. The van der Waals surface area contributed by atoms with Crippen LogP contribution in [0.25, 0.3) is 11.1 Å². The fourth-order valence-electron chi connectivity index (χ4n) is 2.08. The molecule has 0 atom stereocenters. The molecule has 0 saturated heterocycles. The van der Waals surface area contributed by atoms with Crippen molar-refractivity contribution >= 4 is 28.7 Å². The number of hydrogen-bond donors (Lipinski definition) is 2. The number of nitrogens with zero attached hydrogens (tertiary/aromatic N) is 3. The number of fused-ring (bicyclic) bond motifs is 1.